The number of hydrogen-bond donors (Lipinski definition) is 3. The minimum atomic E-state index is -0.0357. The number of aromatic amines is 1. The first kappa shape index (κ1) is 21.0. The highest BCUT2D eigenvalue weighted by Gasteiger charge is 2.26. The van der Waals surface area contributed by atoms with Gasteiger partial charge in [-0.05, 0) is 46.4 Å². The first-order chi connectivity index (χ1) is 15.8. The van der Waals surface area contributed by atoms with Gasteiger partial charge in [0.25, 0.3) is 5.91 Å². The Hall–Kier alpha value is -3.86. The van der Waals surface area contributed by atoms with E-state index in [0.29, 0.717) is 12.1 Å². The quantitative estimate of drug-likeness (QED) is 0.333. The molecule has 0 spiro atoms. The van der Waals surface area contributed by atoms with Gasteiger partial charge in [0.1, 0.15) is 5.75 Å². The third kappa shape index (κ3) is 4.14. The monoisotopic (exact) mass is 437 g/mol. The predicted octanol–water partition coefficient (Wildman–Crippen LogP) is 5.80. The number of nitrogens with zero attached hydrogens (tertiary/aromatic N) is 1. The molecular formula is C28H27N3O2. The summed E-state index contributed by atoms with van der Waals surface area (Å²) in [5.41, 5.74) is 9.30. The van der Waals surface area contributed by atoms with Crippen LogP contribution < -0.4 is 5.32 Å². The molecule has 1 amide bonds. The molecule has 0 bridgehead atoms. The smallest absolute Gasteiger partial charge is 0.251 e. The second-order valence-electron chi connectivity index (χ2n) is 9.84. The van der Waals surface area contributed by atoms with Crippen LogP contribution in [0.25, 0.3) is 33.6 Å². The fraction of sp³-hybridized carbons (Fsp3) is 0.214. The van der Waals surface area contributed by atoms with Crippen molar-refractivity contribution in [3.05, 3.63) is 83.4 Å². The van der Waals surface area contributed by atoms with Crippen molar-refractivity contribution in [2.45, 2.75) is 27.2 Å². The number of phenols is 1. The Kier molecular flexibility index (Phi) is 5.05. The molecule has 5 heteroatoms. The van der Waals surface area contributed by atoms with Crippen LogP contribution >= 0.6 is 0 Å². The topological polar surface area (TPSA) is 78.0 Å². The van der Waals surface area contributed by atoms with Crippen molar-refractivity contribution in [2.75, 3.05) is 6.54 Å². The second-order valence-corrected chi connectivity index (χ2v) is 9.84. The van der Waals surface area contributed by atoms with Crippen molar-refractivity contribution in [3.63, 3.8) is 0 Å². The van der Waals surface area contributed by atoms with Crippen molar-refractivity contribution in [1.29, 1.82) is 0 Å². The Morgan fingerprint density at radius 1 is 0.970 bits per heavy atom. The highest BCUT2D eigenvalue weighted by atomic mass is 16.3. The number of aromatic nitrogens is 2. The van der Waals surface area contributed by atoms with Crippen molar-refractivity contribution in [3.8, 4) is 39.4 Å². The molecule has 0 atom stereocenters. The lowest BCUT2D eigenvalue weighted by Gasteiger charge is -2.18. The number of fused-ring (bicyclic) bond motifs is 3. The minimum Gasteiger partial charge on any atom is -0.508 e. The van der Waals surface area contributed by atoms with E-state index in [2.05, 4.69) is 60.6 Å². The van der Waals surface area contributed by atoms with Gasteiger partial charge in [-0.1, -0.05) is 63.2 Å². The molecule has 0 saturated heterocycles. The van der Waals surface area contributed by atoms with Crippen LogP contribution in [0.4, 0.5) is 0 Å². The number of phenolic OH excluding ortho intramolecular Hbond substituents is 1. The number of aromatic hydroxyl groups is 1. The fourth-order valence-electron chi connectivity index (χ4n) is 4.24. The van der Waals surface area contributed by atoms with Crippen LogP contribution in [0.2, 0.25) is 0 Å². The van der Waals surface area contributed by atoms with Crippen LogP contribution in [0.3, 0.4) is 0 Å². The SMILES string of the molecule is CC(C)(C)CNC(=O)c1ccc2c(c1)Cc1c(-c3ccc(-c4ccc(O)cc4)cc3)n[nH]c1-2. The van der Waals surface area contributed by atoms with Gasteiger partial charge in [-0.2, -0.15) is 5.10 Å². The summed E-state index contributed by atoms with van der Waals surface area (Å²) in [5, 5.41) is 20.3. The van der Waals surface area contributed by atoms with Gasteiger partial charge >= 0.3 is 0 Å². The van der Waals surface area contributed by atoms with E-state index in [4.69, 9.17) is 0 Å². The molecule has 1 aliphatic carbocycles. The number of H-pyrrole nitrogens is 1. The molecule has 1 aliphatic rings. The van der Waals surface area contributed by atoms with Crippen molar-refractivity contribution in [1.82, 2.24) is 15.5 Å². The first-order valence-corrected chi connectivity index (χ1v) is 11.2. The van der Waals surface area contributed by atoms with Gasteiger partial charge in [0.05, 0.1) is 11.4 Å². The molecule has 1 aromatic heterocycles. The Morgan fingerprint density at radius 2 is 1.61 bits per heavy atom. The van der Waals surface area contributed by atoms with Crippen molar-refractivity contribution < 1.29 is 9.90 Å². The van der Waals surface area contributed by atoms with E-state index in [1.54, 1.807) is 12.1 Å². The van der Waals surface area contributed by atoms with Crippen LogP contribution in [0.1, 0.15) is 42.3 Å². The predicted molar refractivity (Wildman–Crippen MR) is 131 cm³/mol. The molecule has 0 unspecified atom stereocenters. The van der Waals surface area contributed by atoms with E-state index < -0.39 is 0 Å². The van der Waals surface area contributed by atoms with Gasteiger partial charge in [-0.25, -0.2) is 0 Å². The van der Waals surface area contributed by atoms with Gasteiger partial charge in [0.2, 0.25) is 0 Å². The molecule has 4 aromatic rings. The van der Waals surface area contributed by atoms with Crippen LogP contribution in [-0.4, -0.2) is 27.8 Å². The molecule has 3 N–H and O–H groups in total. The molecular weight excluding hydrogens is 410 g/mol. The zero-order valence-electron chi connectivity index (χ0n) is 19.1. The number of benzene rings is 3. The van der Waals surface area contributed by atoms with Crippen LogP contribution in [0.5, 0.6) is 5.75 Å². The summed E-state index contributed by atoms with van der Waals surface area (Å²) in [6, 6.07) is 21.4. The number of carbonyl (C=O) groups is 1. The number of carbonyl (C=O) groups excluding carboxylic acids is 1. The highest BCUT2D eigenvalue weighted by Crippen LogP contribution is 2.40. The summed E-state index contributed by atoms with van der Waals surface area (Å²) in [5.74, 6) is 0.225. The van der Waals surface area contributed by atoms with Gasteiger partial charge in [0.15, 0.2) is 0 Å². The van der Waals surface area contributed by atoms with Crippen LogP contribution in [-0.2, 0) is 6.42 Å². The Bertz CT molecular complexity index is 1330. The van der Waals surface area contributed by atoms with Gasteiger partial charge in [-0.15, -0.1) is 0 Å². The largest absolute Gasteiger partial charge is 0.508 e. The zero-order valence-corrected chi connectivity index (χ0v) is 19.1. The molecule has 166 valence electrons. The number of nitrogens with one attached hydrogen (secondary N) is 2. The van der Waals surface area contributed by atoms with E-state index in [9.17, 15) is 9.90 Å². The summed E-state index contributed by atoms with van der Waals surface area (Å²) < 4.78 is 0. The van der Waals surface area contributed by atoms with Crippen molar-refractivity contribution in [2.24, 2.45) is 5.41 Å². The van der Waals surface area contributed by atoms with E-state index in [1.165, 1.54) is 0 Å². The van der Waals surface area contributed by atoms with Gasteiger partial charge in [-0.3, -0.25) is 9.89 Å². The normalized spacial score (nSPS) is 12.3. The number of rotatable bonds is 4. The van der Waals surface area contributed by atoms with Crippen LogP contribution in [0, 0.1) is 5.41 Å². The molecule has 33 heavy (non-hydrogen) atoms. The van der Waals surface area contributed by atoms with E-state index >= 15 is 0 Å². The zero-order chi connectivity index (χ0) is 23.2. The van der Waals surface area contributed by atoms with E-state index in [-0.39, 0.29) is 17.1 Å². The lowest BCUT2D eigenvalue weighted by Crippen LogP contribution is -2.32. The minimum absolute atomic E-state index is 0.0357. The lowest BCUT2D eigenvalue weighted by molar-refractivity contribution is 0.0939. The molecule has 0 radical (unpaired) electrons. The Balaban J connectivity index is 1.38. The highest BCUT2D eigenvalue weighted by molar-refractivity contribution is 5.96. The number of hydrogen-bond acceptors (Lipinski definition) is 3. The molecule has 5 rings (SSSR count). The summed E-state index contributed by atoms with van der Waals surface area (Å²) in [7, 11) is 0. The maximum Gasteiger partial charge on any atom is 0.251 e. The molecule has 5 nitrogen and oxygen atoms in total. The molecule has 0 aliphatic heterocycles. The van der Waals surface area contributed by atoms with Crippen LogP contribution in [0.15, 0.2) is 66.7 Å². The summed E-state index contributed by atoms with van der Waals surface area (Å²) >= 11 is 0. The van der Waals surface area contributed by atoms with E-state index in [0.717, 1.165) is 51.2 Å². The standard InChI is InChI=1S/C28H27N3O2/c1-28(2,3)16-29-27(33)20-10-13-23-21(14-20)15-24-25(30-31-26(23)24)19-6-4-17(5-7-19)18-8-11-22(32)12-9-18/h4-14,32H,15-16H2,1-3H3,(H,29,33)(H,30,31). The maximum atomic E-state index is 12.6. The van der Waals surface area contributed by atoms with E-state index in [1.807, 2.05) is 30.3 Å². The second kappa shape index (κ2) is 7.93. The third-order valence-corrected chi connectivity index (χ3v) is 6.01. The van der Waals surface area contributed by atoms with Gasteiger partial charge < -0.3 is 10.4 Å². The van der Waals surface area contributed by atoms with Crippen molar-refractivity contribution >= 4 is 5.91 Å². The Labute approximate surface area is 193 Å². The lowest BCUT2D eigenvalue weighted by atomic mass is 9.96. The summed E-state index contributed by atoms with van der Waals surface area (Å²) in [6.07, 6.45) is 0.747. The average Bonchev–Trinajstić information content (AvgIpc) is 3.36. The fourth-order valence-corrected chi connectivity index (χ4v) is 4.24. The third-order valence-electron chi connectivity index (χ3n) is 6.01. The first-order valence-electron chi connectivity index (χ1n) is 11.2. The maximum absolute atomic E-state index is 12.6. The van der Waals surface area contributed by atoms with Gasteiger partial charge in [0, 0.05) is 35.2 Å². The number of amides is 1. The summed E-state index contributed by atoms with van der Waals surface area (Å²) in [4.78, 5) is 12.6. The molecule has 0 saturated carbocycles. The Morgan fingerprint density at radius 3 is 2.27 bits per heavy atom. The molecule has 1 heterocycles. The average molecular weight is 438 g/mol. The molecule has 0 fully saturated rings. The molecule has 3 aromatic carbocycles. The summed E-state index contributed by atoms with van der Waals surface area (Å²) in [6.45, 7) is 6.95.